The number of carbonyl (C=O) groups excluding carboxylic acids is 1. The molecule has 1 amide bonds. The van der Waals surface area contributed by atoms with Crippen LogP contribution >= 0.6 is 0 Å². The summed E-state index contributed by atoms with van der Waals surface area (Å²) in [4.78, 5) is 11.5. The number of piperidine rings is 1. The van der Waals surface area contributed by atoms with Crippen molar-refractivity contribution in [3.05, 3.63) is 0 Å². The van der Waals surface area contributed by atoms with Crippen LogP contribution in [0.3, 0.4) is 0 Å². The lowest BCUT2D eigenvalue weighted by atomic mass is 9.68. The summed E-state index contributed by atoms with van der Waals surface area (Å²) in [6.45, 7) is 6.49. The smallest absolute Gasteiger partial charge is 0.226 e. The number of carbonyl (C=O) groups is 1. The third kappa shape index (κ3) is 0.652. The minimum atomic E-state index is -0.0856. The molecule has 2 fully saturated rings. The summed E-state index contributed by atoms with van der Waals surface area (Å²) < 4.78 is 0. The Labute approximate surface area is 67.4 Å². The highest BCUT2D eigenvalue weighted by Gasteiger charge is 2.59. The van der Waals surface area contributed by atoms with Gasteiger partial charge in [0.25, 0.3) is 0 Å². The fourth-order valence-electron chi connectivity index (χ4n) is 2.53. The standard InChI is InChI=1S/C9H15NO/c1-8(2)4-6-5-9(8,3)7(11)10-6/h6H,4-5H2,1-3H3,(H,10,11)/t6-,9+/m1/s1. The van der Waals surface area contributed by atoms with Crippen LogP contribution in [-0.4, -0.2) is 11.9 Å². The average Bonchev–Trinajstić information content (AvgIpc) is 2.16. The molecule has 1 saturated carbocycles. The highest BCUT2D eigenvalue weighted by Crippen LogP contribution is 2.55. The summed E-state index contributed by atoms with van der Waals surface area (Å²) in [7, 11) is 0. The Bertz CT molecular complexity index is 222. The molecule has 1 heterocycles. The molecule has 2 bridgehead atoms. The fourth-order valence-corrected chi connectivity index (χ4v) is 2.53. The Morgan fingerprint density at radius 2 is 2.00 bits per heavy atom. The quantitative estimate of drug-likeness (QED) is 0.558. The maximum atomic E-state index is 11.5. The van der Waals surface area contributed by atoms with Crippen LogP contribution in [0.1, 0.15) is 33.6 Å². The van der Waals surface area contributed by atoms with Gasteiger partial charge >= 0.3 is 0 Å². The topological polar surface area (TPSA) is 29.1 Å². The van der Waals surface area contributed by atoms with Crippen molar-refractivity contribution in [2.75, 3.05) is 0 Å². The van der Waals surface area contributed by atoms with E-state index in [9.17, 15) is 4.79 Å². The molecule has 0 unspecified atom stereocenters. The first-order valence-corrected chi connectivity index (χ1v) is 4.27. The molecule has 11 heavy (non-hydrogen) atoms. The summed E-state index contributed by atoms with van der Waals surface area (Å²) in [5.74, 6) is 0.263. The van der Waals surface area contributed by atoms with Crippen LogP contribution in [0, 0.1) is 10.8 Å². The number of amides is 1. The molecule has 0 aromatic heterocycles. The lowest BCUT2D eigenvalue weighted by molar-refractivity contribution is -0.133. The summed E-state index contributed by atoms with van der Waals surface area (Å²) in [6, 6.07) is 0.461. The number of rotatable bonds is 0. The Kier molecular flexibility index (Phi) is 1.05. The predicted octanol–water partition coefficient (Wildman–Crippen LogP) is 1.31. The summed E-state index contributed by atoms with van der Waals surface area (Å²) in [6.07, 6.45) is 2.19. The SMILES string of the molecule is CC1(C)C[C@@H]2C[C@@]1(C)C(=O)N2. The largest absolute Gasteiger partial charge is 0.353 e. The average molecular weight is 153 g/mol. The molecule has 1 N–H and O–H groups in total. The van der Waals surface area contributed by atoms with Crippen molar-refractivity contribution < 1.29 is 4.79 Å². The van der Waals surface area contributed by atoms with Gasteiger partial charge in [0.2, 0.25) is 5.91 Å². The molecule has 0 spiro atoms. The van der Waals surface area contributed by atoms with E-state index in [2.05, 4.69) is 26.1 Å². The summed E-state index contributed by atoms with van der Waals surface area (Å²) in [5.41, 5.74) is 0.123. The minimum absolute atomic E-state index is 0.0856. The maximum Gasteiger partial charge on any atom is 0.226 e. The second-order valence-electron chi connectivity index (χ2n) is 4.79. The molecular weight excluding hydrogens is 138 g/mol. The minimum Gasteiger partial charge on any atom is -0.353 e. The maximum absolute atomic E-state index is 11.5. The number of hydrogen-bond donors (Lipinski definition) is 1. The van der Waals surface area contributed by atoms with Gasteiger partial charge in [-0.2, -0.15) is 0 Å². The Hall–Kier alpha value is -0.530. The van der Waals surface area contributed by atoms with Crippen LogP contribution < -0.4 is 5.32 Å². The zero-order chi connectivity index (χ0) is 8.28. The van der Waals surface area contributed by atoms with Gasteiger partial charge in [0.05, 0.1) is 5.41 Å². The van der Waals surface area contributed by atoms with E-state index < -0.39 is 0 Å². The van der Waals surface area contributed by atoms with Crippen molar-refractivity contribution >= 4 is 5.91 Å². The summed E-state index contributed by atoms with van der Waals surface area (Å²) >= 11 is 0. The molecule has 62 valence electrons. The second kappa shape index (κ2) is 1.62. The zero-order valence-corrected chi connectivity index (χ0v) is 7.40. The van der Waals surface area contributed by atoms with E-state index in [1.165, 1.54) is 0 Å². The van der Waals surface area contributed by atoms with E-state index in [-0.39, 0.29) is 16.7 Å². The van der Waals surface area contributed by atoms with Crippen molar-refractivity contribution in [3.8, 4) is 0 Å². The van der Waals surface area contributed by atoms with Crippen LogP contribution in [0.15, 0.2) is 0 Å². The normalized spacial score (nSPS) is 46.1. The van der Waals surface area contributed by atoms with Gasteiger partial charge < -0.3 is 5.32 Å². The number of nitrogens with one attached hydrogen (secondary N) is 1. The first-order chi connectivity index (χ1) is 4.96. The molecule has 0 aromatic carbocycles. The monoisotopic (exact) mass is 153 g/mol. The van der Waals surface area contributed by atoms with Crippen molar-refractivity contribution in [2.45, 2.75) is 39.7 Å². The van der Waals surface area contributed by atoms with Crippen molar-refractivity contribution in [1.29, 1.82) is 0 Å². The van der Waals surface area contributed by atoms with E-state index >= 15 is 0 Å². The third-order valence-electron chi connectivity index (χ3n) is 3.74. The van der Waals surface area contributed by atoms with E-state index in [0.717, 1.165) is 12.8 Å². The van der Waals surface area contributed by atoms with Gasteiger partial charge in [0.1, 0.15) is 0 Å². The second-order valence-corrected chi connectivity index (χ2v) is 4.79. The van der Waals surface area contributed by atoms with Gasteiger partial charge in [-0.25, -0.2) is 0 Å². The zero-order valence-electron chi connectivity index (χ0n) is 7.40. The highest BCUT2D eigenvalue weighted by molar-refractivity contribution is 5.87. The molecular formula is C9H15NO. The fraction of sp³-hybridized carbons (Fsp3) is 0.889. The van der Waals surface area contributed by atoms with Gasteiger partial charge in [-0.15, -0.1) is 0 Å². The van der Waals surface area contributed by atoms with Crippen LogP contribution in [0.4, 0.5) is 0 Å². The molecule has 2 atom stereocenters. The predicted molar refractivity (Wildman–Crippen MR) is 43.1 cm³/mol. The molecule has 1 aliphatic carbocycles. The molecule has 2 nitrogen and oxygen atoms in total. The Balaban J connectivity index is 2.42. The first-order valence-electron chi connectivity index (χ1n) is 4.27. The van der Waals surface area contributed by atoms with E-state index in [0.29, 0.717) is 6.04 Å². The number of fused-ring (bicyclic) bond motifs is 2. The Morgan fingerprint density at radius 1 is 1.36 bits per heavy atom. The molecule has 2 rings (SSSR count). The first kappa shape index (κ1) is 7.14. The van der Waals surface area contributed by atoms with E-state index in [1.54, 1.807) is 0 Å². The van der Waals surface area contributed by atoms with Gasteiger partial charge in [-0.1, -0.05) is 20.8 Å². The molecule has 0 aromatic rings. The van der Waals surface area contributed by atoms with Crippen LogP contribution in [-0.2, 0) is 4.79 Å². The van der Waals surface area contributed by atoms with E-state index in [1.807, 2.05) is 0 Å². The van der Waals surface area contributed by atoms with Gasteiger partial charge in [0, 0.05) is 6.04 Å². The molecule has 0 radical (unpaired) electrons. The highest BCUT2D eigenvalue weighted by atomic mass is 16.2. The lowest BCUT2D eigenvalue weighted by Gasteiger charge is -2.37. The van der Waals surface area contributed by atoms with Gasteiger partial charge in [0.15, 0.2) is 0 Å². The summed E-state index contributed by atoms with van der Waals surface area (Å²) in [5, 5.41) is 3.01. The van der Waals surface area contributed by atoms with Crippen LogP contribution in [0.5, 0.6) is 0 Å². The van der Waals surface area contributed by atoms with E-state index in [4.69, 9.17) is 0 Å². The van der Waals surface area contributed by atoms with Gasteiger partial charge in [-0.3, -0.25) is 4.79 Å². The number of hydrogen-bond acceptors (Lipinski definition) is 1. The van der Waals surface area contributed by atoms with Crippen molar-refractivity contribution in [1.82, 2.24) is 5.32 Å². The van der Waals surface area contributed by atoms with Gasteiger partial charge in [-0.05, 0) is 18.3 Å². The van der Waals surface area contributed by atoms with Crippen LogP contribution in [0.25, 0.3) is 0 Å². The molecule has 1 saturated heterocycles. The third-order valence-corrected chi connectivity index (χ3v) is 3.74. The molecule has 2 aliphatic rings. The molecule has 2 heteroatoms. The lowest BCUT2D eigenvalue weighted by Crippen LogP contribution is -2.45. The molecule has 1 aliphatic heterocycles. The van der Waals surface area contributed by atoms with Crippen molar-refractivity contribution in [3.63, 3.8) is 0 Å². The van der Waals surface area contributed by atoms with Crippen molar-refractivity contribution in [2.24, 2.45) is 10.8 Å². The van der Waals surface area contributed by atoms with Crippen LogP contribution in [0.2, 0.25) is 0 Å². The Morgan fingerprint density at radius 3 is 2.27 bits per heavy atom.